The van der Waals surface area contributed by atoms with Crippen LogP contribution in [0.3, 0.4) is 0 Å². The maximum Gasteiger partial charge on any atom is 0.254 e. The van der Waals surface area contributed by atoms with E-state index in [0.29, 0.717) is 30.3 Å². The predicted molar refractivity (Wildman–Crippen MR) is 70.2 cm³/mol. The van der Waals surface area contributed by atoms with Crippen molar-refractivity contribution in [2.75, 3.05) is 12.4 Å². The number of nitrogens with one attached hydrogen (secondary N) is 1. The average Bonchev–Trinajstić information content (AvgIpc) is 2.83. The van der Waals surface area contributed by atoms with Crippen LogP contribution < -0.4 is 5.32 Å². The van der Waals surface area contributed by atoms with E-state index in [1.807, 2.05) is 0 Å². The summed E-state index contributed by atoms with van der Waals surface area (Å²) in [6.45, 7) is 0.493. The molecule has 1 aliphatic carbocycles. The van der Waals surface area contributed by atoms with Crippen LogP contribution in [0.2, 0.25) is 0 Å². The minimum absolute atomic E-state index is 0.123. The Hall–Kier alpha value is -1.16. The Kier molecular flexibility index (Phi) is 4.75. The molecular formula is C14H16ClF2NO. The molecule has 1 fully saturated rings. The van der Waals surface area contributed by atoms with Gasteiger partial charge in [0.05, 0.1) is 5.56 Å². The lowest BCUT2D eigenvalue weighted by Crippen LogP contribution is -2.31. The van der Waals surface area contributed by atoms with Gasteiger partial charge in [-0.05, 0) is 36.8 Å². The van der Waals surface area contributed by atoms with Gasteiger partial charge >= 0.3 is 0 Å². The first kappa shape index (κ1) is 14.3. The zero-order valence-electron chi connectivity index (χ0n) is 10.5. The van der Waals surface area contributed by atoms with Gasteiger partial charge in [0.2, 0.25) is 0 Å². The SMILES string of the molecule is O=C(NCC1CCCC1CCl)c1ccc(F)cc1F. The minimum Gasteiger partial charge on any atom is -0.352 e. The van der Waals surface area contributed by atoms with Gasteiger partial charge in [0.1, 0.15) is 11.6 Å². The van der Waals surface area contributed by atoms with Crippen LogP contribution in [0.25, 0.3) is 0 Å². The molecule has 0 aromatic heterocycles. The molecule has 0 radical (unpaired) electrons. The van der Waals surface area contributed by atoms with E-state index in [1.54, 1.807) is 0 Å². The number of carbonyl (C=O) groups excluding carboxylic acids is 1. The summed E-state index contributed by atoms with van der Waals surface area (Å²) in [5, 5.41) is 2.71. The molecule has 2 rings (SSSR count). The highest BCUT2D eigenvalue weighted by Crippen LogP contribution is 2.32. The molecule has 2 unspecified atom stereocenters. The van der Waals surface area contributed by atoms with E-state index in [1.165, 1.54) is 0 Å². The molecule has 2 nitrogen and oxygen atoms in total. The highest BCUT2D eigenvalue weighted by atomic mass is 35.5. The van der Waals surface area contributed by atoms with Crippen LogP contribution in [-0.2, 0) is 0 Å². The number of hydrogen-bond acceptors (Lipinski definition) is 1. The lowest BCUT2D eigenvalue weighted by Gasteiger charge is -2.17. The molecule has 5 heteroatoms. The van der Waals surface area contributed by atoms with E-state index >= 15 is 0 Å². The Morgan fingerprint density at radius 3 is 2.74 bits per heavy atom. The standard InChI is InChI=1S/C14H16ClF2NO/c15-7-9-2-1-3-10(9)8-18-14(19)12-5-4-11(16)6-13(12)17/h4-6,9-10H,1-3,7-8H2,(H,18,19). The fraction of sp³-hybridized carbons (Fsp3) is 0.500. The summed E-state index contributed by atoms with van der Waals surface area (Å²) in [5.74, 6) is -0.668. The number of amides is 1. The van der Waals surface area contributed by atoms with Gasteiger partial charge in [0.15, 0.2) is 0 Å². The normalized spacial score (nSPS) is 22.5. The summed E-state index contributed by atoms with van der Waals surface area (Å²) in [5.41, 5.74) is -0.123. The molecule has 1 aliphatic rings. The quantitative estimate of drug-likeness (QED) is 0.846. The van der Waals surface area contributed by atoms with E-state index in [0.717, 1.165) is 31.4 Å². The first-order valence-electron chi connectivity index (χ1n) is 6.41. The Morgan fingerprint density at radius 2 is 2.05 bits per heavy atom. The second-order valence-corrected chi connectivity index (χ2v) is 5.25. The molecular weight excluding hydrogens is 272 g/mol. The lowest BCUT2D eigenvalue weighted by molar-refractivity contribution is 0.0940. The van der Waals surface area contributed by atoms with Crippen molar-refractivity contribution >= 4 is 17.5 Å². The highest BCUT2D eigenvalue weighted by molar-refractivity contribution is 6.18. The molecule has 1 saturated carbocycles. The van der Waals surface area contributed by atoms with Crippen molar-refractivity contribution in [3.05, 3.63) is 35.4 Å². The number of benzene rings is 1. The van der Waals surface area contributed by atoms with Gasteiger partial charge in [-0.25, -0.2) is 8.78 Å². The number of carbonyl (C=O) groups is 1. The van der Waals surface area contributed by atoms with Gasteiger partial charge in [0.25, 0.3) is 5.91 Å². The van der Waals surface area contributed by atoms with Crippen molar-refractivity contribution in [2.45, 2.75) is 19.3 Å². The molecule has 2 atom stereocenters. The number of hydrogen-bond donors (Lipinski definition) is 1. The van der Waals surface area contributed by atoms with Crippen molar-refractivity contribution in [3.8, 4) is 0 Å². The zero-order valence-corrected chi connectivity index (χ0v) is 11.2. The fourth-order valence-electron chi connectivity index (χ4n) is 2.58. The third-order valence-corrected chi connectivity index (χ3v) is 4.11. The fourth-order valence-corrected chi connectivity index (χ4v) is 2.98. The Morgan fingerprint density at radius 1 is 1.32 bits per heavy atom. The monoisotopic (exact) mass is 287 g/mol. The number of alkyl halides is 1. The predicted octanol–water partition coefficient (Wildman–Crippen LogP) is 3.35. The molecule has 1 N–H and O–H groups in total. The van der Waals surface area contributed by atoms with Gasteiger partial charge in [0, 0.05) is 18.5 Å². The van der Waals surface area contributed by atoms with Gasteiger partial charge in [-0.3, -0.25) is 4.79 Å². The first-order chi connectivity index (χ1) is 9.11. The Balaban J connectivity index is 1.94. The van der Waals surface area contributed by atoms with Crippen LogP contribution in [0.5, 0.6) is 0 Å². The second kappa shape index (κ2) is 6.33. The minimum atomic E-state index is -0.835. The molecule has 1 aromatic rings. The van der Waals surface area contributed by atoms with Crippen LogP contribution in [0.4, 0.5) is 8.78 Å². The van der Waals surface area contributed by atoms with Crippen LogP contribution in [0.15, 0.2) is 18.2 Å². The molecule has 0 bridgehead atoms. The number of rotatable bonds is 4. The van der Waals surface area contributed by atoms with Crippen LogP contribution >= 0.6 is 11.6 Å². The van der Waals surface area contributed by atoms with E-state index in [2.05, 4.69) is 5.32 Å². The van der Waals surface area contributed by atoms with E-state index < -0.39 is 17.5 Å². The lowest BCUT2D eigenvalue weighted by atomic mass is 9.98. The smallest absolute Gasteiger partial charge is 0.254 e. The van der Waals surface area contributed by atoms with Gasteiger partial charge in [-0.1, -0.05) is 6.42 Å². The molecule has 0 spiro atoms. The van der Waals surface area contributed by atoms with E-state index in [4.69, 9.17) is 11.6 Å². The topological polar surface area (TPSA) is 29.1 Å². The summed E-state index contributed by atoms with van der Waals surface area (Å²) in [6, 6.07) is 2.95. The van der Waals surface area contributed by atoms with Crippen LogP contribution in [0, 0.1) is 23.5 Å². The molecule has 0 saturated heterocycles. The van der Waals surface area contributed by atoms with Crippen molar-refractivity contribution in [3.63, 3.8) is 0 Å². The molecule has 0 aliphatic heterocycles. The summed E-state index contributed by atoms with van der Waals surface area (Å²) >= 11 is 5.86. The van der Waals surface area contributed by atoms with Crippen molar-refractivity contribution in [2.24, 2.45) is 11.8 Å². The largest absolute Gasteiger partial charge is 0.352 e. The Bertz CT molecular complexity index is 467. The average molecular weight is 288 g/mol. The summed E-state index contributed by atoms with van der Waals surface area (Å²) in [6.07, 6.45) is 3.22. The zero-order chi connectivity index (χ0) is 13.8. The maximum absolute atomic E-state index is 13.4. The summed E-state index contributed by atoms with van der Waals surface area (Å²) in [7, 11) is 0. The van der Waals surface area contributed by atoms with Gasteiger partial charge in [-0.2, -0.15) is 0 Å². The van der Waals surface area contributed by atoms with Gasteiger partial charge in [-0.15, -0.1) is 11.6 Å². The molecule has 104 valence electrons. The second-order valence-electron chi connectivity index (χ2n) is 4.94. The molecule has 1 amide bonds. The van der Waals surface area contributed by atoms with Crippen molar-refractivity contribution in [1.29, 1.82) is 0 Å². The summed E-state index contributed by atoms with van der Waals surface area (Å²) < 4.78 is 26.2. The van der Waals surface area contributed by atoms with Gasteiger partial charge < -0.3 is 5.32 Å². The highest BCUT2D eigenvalue weighted by Gasteiger charge is 2.27. The third kappa shape index (κ3) is 3.44. The Labute approximate surface area is 116 Å². The third-order valence-electron chi connectivity index (χ3n) is 3.72. The molecule has 0 heterocycles. The van der Waals surface area contributed by atoms with Crippen molar-refractivity contribution in [1.82, 2.24) is 5.32 Å². The molecule has 19 heavy (non-hydrogen) atoms. The van der Waals surface area contributed by atoms with Crippen LogP contribution in [0.1, 0.15) is 29.6 Å². The molecule has 1 aromatic carbocycles. The summed E-state index contributed by atoms with van der Waals surface area (Å²) in [4.78, 5) is 11.8. The maximum atomic E-state index is 13.4. The number of halogens is 3. The van der Waals surface area contributed by atoms with Crippen LogP contribution in [-0.4, -0.2) is 18.3 Å². The van der Waals surface area contributed by atoms with E-state index in [9.17, 15) is 13.6 Å². The first-order valence-corrected chi connectivity index (χ1v) is 6.94. The van der Waals surface area contributed by atoms with Crippen molar-refractivity contribution < 1.29 is 13.6 Å². The van der Waals surface area contributed by atoms with E-state index in [-0.39, 0.29) is 5.56 Å².